The van der Waals surface area contributed by atoms with Crippen LogP contribution in [0.1, 0.15) is 32.8 Å². The Morgan fingerprint density at radius 3 is 2.28 bits per heavy atom. The van der Waals surface area contributed by atoms with Crippen molar-refractivity contribution >= 4 is 0 Å². The highest BCUT2D eigenvalue weighted by molar-refractivity contribution is 5.44. The molecule has 0 aliphatic heterocycles. The molecule has 1 aromatic carbocycles. The highest BCUT2D eigenvalue weighted by Gasteiger charge is 2.11. The molecular formula is C15H19FO2. The van der Waals surface area contributed by atoms with Crippen LogP contribution < -0.4 is 9.47 Å². The van der Waals surface area contributed by atoms with E-state index in [0.717, 1.165) is 0 Å². The van der Waals surface area contributed by atoms with Crippen molar-refractivity contribution in [3.8, 4) is 23.3 Å². The summed E-state index contributed by atoms with van der Waals surface area (Å²) in [6, 6.07) is 3.10. The van der Waals surface area contributed by atoms with Gasteiger partial charge in [0.1, 0.15) is 5.82 Å². The SMILES string of the molecule is CC#CCCc1cc(OCC)c(OCC)cc1F. The lowest BCUT2D eigenvalue weighted by Crippen LogP contribution is -2.01. The third kappa shape index (κ3) is 3.96. The Balaban J connectivity index is 2.96. The molecule has 0 aliphatic carbocycles. The standard InChI is InChI=1S/C15H19FO2/c1-4-7-8-9-12-10-14(17-5-2)15(18-6-3)11-13(12)16/h10-11H,5-6,8-9H2,1-3H3. The van der Waals surface area contributed by atoms with Gasteiger partial charge in [-0.25, -0.2) is 4.39 Å². The molecule has 1 rings (SSSR count). The molecule has 18 heavy (non-hydrogen) atoms. The van der Waals surface area contributed by atoms with E-state index in [1.54, 1.807) is 13.0 Å². The quantitative estimate of drug-likeness (QED) is 0.718. The number of rotatable bonds is 6. The van der Waals surface area contributed by atoms with Crippen LogP contribution in [0.4, 0.5) is 4.39 Å². The van der Waals surface area contributed by atoms with E-state index in [1.165, 1.54) is 6.07 Å². The summed E-state index contributed by atoms with van der Waals surface area (Å²) < 4.78 is 24.7. The highest BCUT2D eigenvalue weighted by Crippen LogP contribution is 2.31. The van der Waals surface area contributed by atoms with Crippen molar-refractivity contribution in [2.75, 3.05) is 13.2 Å². The van der Waals surface area contributed by atoms with Crippen molar-refractivity contribution in [2.45, 2.75) is 33.6 Å². The summed E-state index contributed by atoms with van der Waals surface area (Å²) in [5.41, 5.74) is 0.615. The van der Waals surface area contributed by atoms with Crippen LogP contribution in [0.15, 0.2) is 12.1 Å². The van der Waals surface area contributed by atoms with Crippen LogP contribution in [-0.2, 0) is 6.42 Å². The maximum atomic E-state index is 13.8. The number of aryl methyl sites for hydroxylation is 1. The van der Waals surface area contributed by atoms with Gasteiger partial charge in [0.15, 0.2) is 11.5 Å². The van der Waals surface area contributed by atoms with Crippen molar-refractivity contribution in [3.05, 3.63) is 23.5 Å². The molecule has 0 spiro atoms. The summed E-state index contributed by atoms with van der Waals surface area (Å²) in [6.07, 6.45) is 1.23. The van der Waals surface area contributed by atoms with Gasteiger partial charge in [-0.05, 0) is 38.8 Å². The average molecular weight is 250 g/mol. The molecule has 0 saturated heterocycles. The number of benzene rings is 1. The van der Waals surface area contributed by atoms with Gasteiger partial charge < -0.3 is 9.47 Å². The fourth-order valence-corrected chi connectivity index (χ4v) is 1.63. The van der Waals surface area contributed by atoms with E-state index in [0.29, 0.717) is 43.1 Å². The van der Waals surface area contributed by atoms with Gasteiger partial charge in [0.05, 0.1) is 13.2 Å². The number of halogens is 1. The molecule has 0 amide bonds. The second-order valence-corrected chi connectivity index (χ2v) is 3.68. The summed E-state index contributed by atoms with van der Waals surface area (Å²) in [5.74, 6) is 6.52. The zero-order valence-corrected chi connectivity index (χ0v) is 11.2. The highest BCUT2D eigenvalue weighted by atomic mass is 19.1. The van der Waals surface area contributed by atoms with E-state index < -0.39 is 0 Å². The van der Waals surface area contributed by atoms with Gasteiger partial charge >= 0.3 is 0 Å². The lowest BCUT2D eigenvalue weighted by molar-refractivity contribution is 0.285. The zero-order valence-electron chi connectivity index (χ0n) is 11.2. The topological polar surface area (TPSA) is 18.5 Å². The third-order valence-electron chi connectivity index (χ3n) is 2.41. The lowest BCUT2D eigenvalue weighted by Gasteiger charge is -2.13. The number of hydrogen-bond donors (Lipinski definition) is 0. The molecule has 0 aliphatic rings. The molecular weight excluding hydrogens is 231 g/mol. The first-order valence-electron chi connectivity index (χ1n) is 6.20. The maximum absolute atomic E-state index is 13.8. The largest absolute Gasteiger partial charge is 0.490 e. The van der Waals surface area contributed by atoms with E-state index in [2.05, 4.69) is 11.8 Å². The van der Waals surface area contributed by atoms with Crippen LogP contribution in [0.25, 0.3) is 0 Å². The van der Waals surface area contributed by atoms with Gasteiger partial charge in [-0.1, -0.05) is 0 Å². The van der Waals surface area contributed by atoms with E-state index >= 15 is 0 Å². The van der Waals surface area contributed by atoms with Crippen LogP contribution in [0.2, 0.25) is 0 Å². The molecule has 0 aromatic heterocycles. The van der Waals surface area contributed by atoms with Crippen LogP contribution in [0.5, 0.6) is 11.5 Å². The molecule has 0 unspecified atom stereocenters. The summed E-state index contributed by atoms with van der Waals surface area (Å²) in [4.78, 5) is 0. The Bertz CT molecular complexity index is 444. The normalized spacial score (nSPS) is 9.56. The minimum Gasteiger partial charge on any atom is -0.490 e. The fraction of sp³-hybridized carbons (Fsp3) is 0.467. The van der Waals surface area contributed by atoms with E-state index in [-0.39, 0.29) is 5.82 Å². The lowest BCUT2D eigenvalue weighted by atomic mass is 10.1. The second kappa shape index (κ2) is 7.60. The molecule has 2 nitrogen and oxygen atoms in total. The Morgan fingerprint density at radius 2 is 1.72 bits per heavy atom. The molecule has 0 heterocycles. The molecule has 0 radical (unpaired) electrons. The van der Waals surface area contributed by atoms with Gasteiger partial charge in [-0.3, -0.25) is 0 Å². The Labute approximate surface area is 108 Å². The van der Waals surface area contributed by atoms with Crippen LogP contribution in [0.3, 0.4) is 0 Å². The molecule has 0 saturated carbocycles. The molecule has 0 fully saturated rings. The van der Waals surface area contributed by atoms with Gasteiger partial charge in [-0.2, -0.15) is 0 Å². The molecule has 0 N–H and O–H groups in total. The number of hydrogen-bond acceptors (Lipinski definition) is 2. The molecule has 0 atom stereocenters. The monoisotopic (exact) mass is 250 g/mol. The van der Waals surface area contributed by atoms with Crippen LogP contribution in [-0.4, -0.2) is 13.2 Å². The van der Waals surface area contributed by atoms with E-state index in [4.69, 9.17) is 9.47 Å². The first-order chi connectivity index (χ1) is 8.72. The Hall–Kier alpha value is -1.69. The summed E-state index contributed by atoms with van der Waals surface area (Å²) >= 11 is 0. The average Bonchev–Trinajstić information content (AvgIpc) is 2.35. The van der Waals surface area contributed by atoms with E-state index in [9.17, 15) is 4.39 Å². The van der Waals surface area contributed by atoms with E-state index in [1.807, 2.05) is 13.8 Å². The first-order valence-corrected chi connectivity index (χ1v) is 6.20. The van der Waals surface area contributed by atoms with Gasteiger partial charge in [0.25, 0.3) is 0 Å². The maximum Gasteiger partial charge on any atom is 0.164 e. The summed E-state index contributed by atoms with van der Waals surface area (Å²) in [5, 5.41) is 0. The van der Waals surface area contributed by atoms with Crippen molar-refractivity contribution in [2.24, 2.45) is 0 Å². The third-order valence-corrected chi connectivity index (χ3v) is 2.41. The van der Waals surface area contributed by atoms with Gasteiger partial charge in [-0.15, -0.1) is 11.8 Å². The van der Waals surface area contributed by atoms with Crippen LogP contribution >= 0.6 is 0 Å². The van der Waals surface area contributed by atoms with Crippen LogP contribution in [0, 0.1) is 17.7 Å². The summed E-state index contributed by atoms with van der Waals surface area (Å²) in [6.45, 7) is 6.54. The minimum absolute atomic E-state index is 0.264. The zero-order chi connectivity index (χ0) is 13.4. The van der Waals surface area contributed by atoms with Crippen molar-refractivity contribution in [1.82, 2.24) is 0 Å². The number of ether oxygens (including phenoxy) is 2. The molecule has 0 bridgehead atoms. The van der Waals surface area contributed by atoms with Crippen molar-refractivity contribution in [3.63, 3.8) is 0 Å². The summed E-state index contributed by atoms with van der Waals surface area (Å²) in [7, 11) is 0. The fourth-order valence-electron chi connectivity index (χ4n) is 1.63. The van der Waals surface area contributed by atoms with Crippen molar-refractivity contribution in [1.29, 1.82) is 0 Å². The first kappa shape index (κ1) is 14.4. The minimum atomic E-state index is -0.264. The predicted octanol–water partition coefficient (Wildman–Crippen LogP) is 3.58. The molecule has 98 valence electrons. The molecule has 1 aromatic rings. The predicted molar refractivity (Wildman–Crippen MR) is 70.5 cm³/mol. The van der Waals surface area contributed by atoms with Gasteiger partial charge in [0.2, 0.25) is 0 Å². The Morgan fingerprint density at radius 1 is 1.11 bits per heavy atom. The Kier molecular flexibility index (Phi) is 6.07. The second-order valence-electron chi connectivity index (χ2n) is 3.68. The molecule has 3 heteroatoms. The smallest absolute Gasteiger partial charge is 0.164 e. The van der Waals surface area contributed by atoms with Gasteiger partial charge in [0, 0.05) is 12.5 Å². The van der Waals surface area contributed by atoms with Crippen molar-refractivity contribution < 1.29 is 13.9 Å².